The largest absolute Gasteiger partial charge is 0.325 e. The number of hydrogen-bond acceptors (Lipinski definition) is 6. The lowest BCUT2D eigenvalue weighted by Crippen LogP contribution is -2.41. The van der Waals surface area contributed by atoms with Crippen LogP contribution in [0.2, 0.25) is 0 Å². The van der Waals surface area contributed by atoms with Gasteiger partial charge in [0.15, 0.2) is 10.8 Å². The van der Waals surface area contributed by atoms with Crippen molar-refractivity contribution in [2.75, 3.05) is 17.6 Å². The van der Waals surface area contributed by atoms with Crippen LogP contribution in [0.3, 0.4) is 0 Å². The molecule has 1 saturated heterocycles. The average molecular weight is 538 g/mol. The summed E-state index contributed by atoms with van der Waals surface area (Å²) in [6.45, 7) is 8.68. The van der Waals surface area contributed by atoms with Crippen LogP contribution >= 0.6 is 11.8 Å². The molecule has 1 fully saturated rings. The maximum absolute atomic E-state index is 13.0. The molecule has 4 aromatic rings. The van der Waals surface area contributed by atoms with Gasteiger partial charge in [-0.1, -0.05) is 18.2 Å². The minimum absolute atomic E-state index is 0.00256. The quantitative estimate of drug-likeness (QED) is 0.344. The van der Waals surface area contributed by atoms with Crippen LogP contribution in [0, 0.1) is 20.8 Å². The number of nitrogens with zero attached hydrogens (tertiary/aromatic N) is 4. The minimum Gasteiger partial charge on any atom is -0.325 e. The van der Waals surface area contributed by atoms with Crippen LogP contribution in [0.5, 0.6) is 0 Å². The summed E-state index contributed by atoms with van der Waals surface area (Å²) in [5.41, 5.74) is 5.76. The number of anilines is 1. The van der Waals surface area contributed by atoms with Crippen LogP contribution in [-0.2, 0) is 14.8 Å². The van der Waals surface area contributed by atoms with Gasteiger partial charge in [0.2, 0.25) is 15.9 Å². The summed E-state index contributed by atoms with van der Waals surface area (Å²) in [6.07, 6.45) is 2.81. The molecular formula is C27H31N5O3S2. The molecule has 3 heterocycles. The highest BCUT2D eigenvalue weighted by Crippen LogP contribution is 2.28. The van der Waals surface area contributed by atoms with Crippen molar-refractivity contribution in [1.82, 2.24) is 18.9 Å². The van der Waals surface area contributed by atoms with Gasteiger partial charge in [-0.25, -0.2) is 8.42 Å². The Labute approximate surface area is 221 Å². The van der Waals surface area contributed by atoms with Gasteiger partial charge in [-0.05, 0) is 105 Å². The number of hydrogen-bond donors (Lipinski definition) is 1. The van der Waals surface area contributed by atoms with Gasteiger partial charge >= 0.3 is 0 Å². The summed E-state index contributed by atoms with van der Waals surface area (Å²) in [4.78, 5) is 13.0. The maximum atomic E-state index is 13.0. The predicted octanol–water partition coefficient (Wildman–Crippen LogP) is 5.10. The number of rotatable bonds is 6. The number of aromatic nitrogens is 3. The Morgan fingerprint density at radius 3 is 2.46 bits per heavy atom. The van der Waals surface area contributed by atoms with Crippen molar-refractivity contribution in [3.63, 3.8) is 0 Å². The third-order valence-corrected chi connectivity index (χ3v) is 10.0. The second-order valence-corrected chi connectivity index (χ2v) is 12.6. The molecule has 194 valence electrons. The van der Waals surface area contributed by atoms with Crippen molar-refractivity contribution in [2.45, 2.75) is 63.1 Å². The van der Waals surface area contributed by atoms with Gasteiger partial charge < -0.3 is 5.32 Å². The van der Waals surface area contributed by atoms with Gasteiger partial charge in [0.25, 0.3) is 0 Å². The number of carbonyl (C=O) groups excluding carboxylic acids is 1. The summed E-state index contributed by atoms with van der Waals surface area (Å²) >= 11 is 1.32. The topological polar surface area (TPSA) is 96.7 Å². The molecule has 0 radical (unpaired) electrons. The monoisotopic (exact) mass is 537 g/mol. The molecule has 2 aromatic heterocycles. The predicted molar refractivity (Wildman–Crippen MR) is 148 cm³/mol. The summed E-state index contributed by atoms with van der Waals surface area (Å²) in [5, 5.41) is 13.3. The molecule has 1 amide bonds. The first-order valence-electron chi connectivity index (χ1n) is 12.5. The molecule has 0 unspecified atom stereocenters. The normalized spacial score (nSPS) is 16.9. The summed E-state index contributed by atoms with van der Waals surface area (Å²) < 4.78 is 29.7. The zero-order chi connectivity index (χ0) is 26.3. The Hall–Kier alpha value is -2.95. The van der Waals surface area contributed by atoms with E-state index in [-0.39, 0.29) is 22.6 Å². The van der Waals surface area contributed by atoms with Gasteiger partial charge in [-0.3, -0.25) is 9.20 Å². The lowest BCUT2D eigenvalue weighted by atomic mass is 10.0. The standard InChI is InChI=1S/C27H31N5O3S2/c1-17-13-21-14-19(3)26-29-30-27(32(26)24(21)15-18(17)2)36-16-25(33)28-22-8-10-23(11-9-22)37(34,35)31-12-6-5-7-20(31)4/h8-11,13-15,20H,5-7,12,16H2,1-4H3,(H,28,33)/t20-/m1/s1. The number of piperidine rings is 1. The summed E-state index contributed by atoms with van der Waals surface area (Å²) in [5.74, 6) is -0.0575. The molecule has 0 spiro atoms. The number of amides is 1. The molecule has 1 aliphatic rings. The van der Waals surface area contributed by atoms with E-state index in [2.05, 4.69) is 47.6 Å². The number of fused-ring (bicyclic) bond motifs is 3. The minimum atomic E-state index is -3.55. The molecule has 0 bridgehead atoms. The number of pyridine rings is 1. The van der Waals surface area contributed by atoms with Crippen molar-refractivity contribution in [3.8, 4) is 0 Å². The van der Waals surface area contributed by atoms with Gasteiger partial charge in [-0.15, -0.1) is 10.2 Å². The van der Waals surface area contributed by atoms with Gasteiger partial charge in [-0.2, -0.15) is 4.31 Å². The third-order valence-electron chi connectivity index (χ3n) is 7.06. The van der Waals surface area contributed by atoms with Gasteiger partial charge in [0, 0.05) is 18.3 Å². The SMILES string of the molecule is Cc1cc2cc(C)c3nnc(SCC(=O)Nc4ccc(S(=O)(=O)N5CCCC[C@H]5C)cc4)n3c2cc1C. The molecule has 0 saturated carbocycles. The first kappa shape index (κ1) is 25.7. The third kappa shape index (κ3) is 4.97. The lowest BCUT2D eigenvalue weighted by molar-refractivity contribution is -0.113. The molecule has 1 N–H and O–H groups in total. The summed E-state index contributed by atoms with van der Waals surface area (Å²) in [7, 11) is -3.55. The van der Waals surface area contributed by atoms with Crippen molar-refractivity contribution < 1.29 is 13.2 Å². The van der Waals surface area contributed by atoms with Crippen molar-refractivity contribution >= 4 is 49.9 Å². The van der Waals surface area contributed by atoms with E-state index in [0.717, 1.165) is 41.4 Å². The fourth-order valence-electron chi connectivity index (χ4n) is 4.87. The van der Waals surface area contributed by atoms with E-state index in [1.54, 1.807) is 28.6 Å². The van der Waals surface area contributed by atoms with Crippen LogP contribution in [-0.4, -0.2) is 51.6 Å². The maximum Gasteiger partial charge on any atom is 0.243 e. The molecule has 10 heteroatoms. The number of nitrogens with one attached hydrogen (secondary N) is 1. The van der Waals surface area contributed by atoms with Crippen molar-refractivity contribution in [3.05, 3.63) is 59.2 Å². The zero-order valence-corrected chi connectivity index (χ0v) is 23.1. The number of sulfonamides is 1. The van der Waals surface area contributed by atoms with Gasteiger partial charge in [0.05, 0.1) is 16.2 Å². The molecule has 37 heavy (non-hydrogen) atoms. The number of benzene rings is 2. The number of carbonyl (C=O) groups is 1. The second-order valence-electron chi connectivity index (χ2n) is 9.79. The Balaban J connectivity index is 1.30. The smallest absolute Gasteiger partial charge is 0.243 e. The van der Waals surface area contributed by atoms with Crippen LogP contribution in [0.15, 0.2) is 52.5 Å². The molecule has 0 aliphatic carbocycles. The molecule has 2 aromatic carbocycles. The molecule has 8 nitrogen and oxygen atoms in total. The first-order valence-corrected chi connectivity index (χ1v) is 14.9. The van der Waals surface area contributed by atoms with Crippen LogP contribution in [0.25, 0.3) is 16.6 Å². The van der Waals surface area contributed by atoms with Crippen LogP contribution < -0.4 is 5.32 Å². The van der Waals surface area contributed by atoms with E-state index in [4.69, 9.17) is 0 Å². The van der Waals surface area contributed by atoms with E-state index in [0.29, 0.717) is 17.4 Å². The molecule has 1 aliphatic heterocycles. The van der Waals surface area contributed by atoms with Crippen molar-refractivity contribution in [1.29, 1.82) is 0 Å². The fraction of sp³-hybridized carbons (Fsp3) is 0.370. The zero-order valence-electron chi connectivity index (χ0n) is 21.5. The van der Waals surface area contributed by atoms with Gasteiger partial charge in [0.1, 0.15) is 0 Å². The number of aryl methyl sites for hydroxylation is 3. The highest BCUT2D eigenvalue weighted by atomic mass is 32.2. The van der Waals surface area contributed by atoms with E-state index in [9.17, 15) is 13.2 Å². The highest BCUT2D eigenvalue weighted by molar-refractivity contribution is 7.99. The fourth-order valence-corrected chi connectivity index (χ4v) is 7.31. The molecular weight excluding hydrogens is 506 g/mol. The van der Waals surface area contributed by atoms with Crippen LogP contribution in [0.1, 0.15) is 42.9 Å². The van der Waals surface area contributed by atoms with E-state index >= 15 is 0 Å². The van der Waals surface area contributed by atoms with E-state index < -0.39 is 10.0 Å². The molecule has 1 atom stereocenters. The summed E-state index contributed by atoms with van der Waals surface area (Å²) in [6, 6.07) is 12.8. The van der Waals surface area contributed by atoms with Crippen molar-refractivity contribution in [2.24, 2.45) is 0 Å². The Morgan fingerprint density at radius 1 is 1.03 bits per heavy atom. The van der Waals surface area contributed by atoms with Crippen LogP contribution in [0.4, 0.5) is 5.69 Å². The Morgan fingerprint density at radius 2 is 1.73 bits per heavy atom. The van der Waals surface area contributed by atoms with E-state index in [1.807, 2.05) is 18.2 Å². The second kappa shape index (κ2) is 10.1. The Bertz CT molecular complexity index is 1600. The average Bonchev–Trinajstić information content (AvgIpc) is 3.30. The number of thioether (sulfide) groups is 1. The lowest BCUT2D eigenvalue weighted by Gasteiger charge is -2.32. The Kier molecular flexibility index (Phi) is 6.99. The molecule has 5 rings (SSSR count). The first-order chi connectivity index (χ1) is 17.6. The highest BCUT2D eigenvalue weighted by Gasteiger charge is 2.30. The van der Waals surface area contributed by atoms with E-state index in [1.165, 1.54) is 22.9 Å².